The van der Waals surface area contributed by atoms with Crippen molar-refractivity contribution in [1.82, 2.24) is 0 Å². The first-order valence-corrected chi connectivity index (χ1v) is 5.21. The van der Waals surface area contributed by atoms with E-state index < -0.39 is 0 Å². The molecule has 0 bridgehead atoms. The maximum Gasteiger partial charge on any atom is 0.305 e. The minimum absolute atomic E-state index is 0.0165. The molecule has 0 saturated carbocycles. The standard InChI is InChI=1S/C13H16O3/c1-9-6-10(2)8-11(7-9)12(14)4-5-13(15)16-3/h6-8H,4-5H2,1-3H3. The van der Waals surface area contributed by atoms with Crippen LogP contribution >= 0.6 is 0 Å². The smallest absolute Gasteiger partial charge is 0.305 e. The van der Waals surface area contributed by atoms with E-state index in [-0.39, 0.29) is 24.6 Å². The molecule has 0 aliphatic carbocycles. The number of methoxy groups -OCH3 is 1. The molecule has 0 aliphatic rings. The molecule has 0 N–H and O–H groups in total. The topological polar surface area (TPSA) is 43.4 Å². The Hall–Kier alpha value is -1.64. The second-order valence-electron chi connectivity index (χ2n) is 3.88. The van der Waals surface area contributed by atoms with Crippen LogP contribution < -0.4 is 0 Å². The van der Waals surface area contributed by atoms with E-state index in [0.717, 1.165) is 11.1 Å². The van der Waals surface area contributed by atoms with Gasteiger partial charge in [0.1, 0.15) is 0 Å². The molecule has 0 fully saturated rings. The van der Waals surface area contributed by atoms with Crippen LogP contribution in [-0.4, -0.2) is 18.9 Å². The van der Waals surface area contributed by atoms with E-state index in [2.05, 4.69) is 4.74 Å². The second kappa shape index (κ2) is 5.45. The number of esters is 1. The molecule has 0 atom stereocenters. The molecule has 0 aliphatic heterocycles. The van der Waals surface area contributed by atoms with Crippen LogP contribution in [0.4, 0.5) is 0 Å². The van der Waals surface area contributed by atoms with E-state index in [9.17, 15) is 9.59 Å². The predicted octanol–water partition coefficient (Wildman–Crippen LogP) is 2.44. The lowest BCUT2D eigenvalue weighted by Gasteiger charge is -2.03. The molecule has 0 aromatic heterocycles. The third-order valence-electron chi connectivity index (χ3n) is 2.33. The summed E-state index contributed by atoms with van der Waals surface area (Å²) in [5, 5.41) is 0. The maximum absolute atomic E-state index is 11.8. The molecule has 3 nitrogen and oxygen atoms in total. The summed E-state index contributed by atoms with van der Waals surface area (Å²) in [6, 6.07) is 5.69. The number of aryl methyl sites for hydroxylation is 2. The summed E-state index contributed by atoms with van der Waals surface area (Å²) in [7, 11) is 1.32. The fraction of sp³-hybridized carbons (Fsp3) is 0.385. The van der Waals surface area contributed by atoms with Gasteiger partial charge in [-0.25, -0.2) is 0 Å². The Labute approximate surface area is 95.4 Å². The van der Waals surface area contributed by atoms with E-state index in [1.54, 1.807) is 0 Å². The fourth-order valence-corrected chi connectivity index (χ4v) is 1.60. The molecule has 1 aromatic carbocycles. The Morgan fingerprint density at radius 2 is 1.62 bits per heavy atom. The van der Waals surface area contributed by atoms with Crippen LogP contribution in [0.3, 0.4) is 0 Å². The Bertz CT molecular complexity index is 387. The van der Waals surface area contributed by atoms with E-state index in [1.807, 2.05) is 32.0 Å². The van der Waals surface area contributed by atoms with E-state index in [4.69, 9.17) is 0 Å². The van der Waals surface area contributed by atoms with Crippen LogP contribution in [0.25, 0.3) is 0 Å². The normalized spacial score (nSPS) is 9.94. The Morgan fingerprint density at radius 3 is 2.12 bits per heavy atom. The second-order valence-corrected chi connectivity index (χ2v) is 3.88. The molecule has 3 heteroatoms. The quantitative estimate of drug-likeness (QED) is 0.578. The number of ketones is 1. The van der Waals surface area contributed by atoms with Crippen LogP contribution in [0.15, 0.2) is 18.2 Å². The zero-order valence-corrected chi connectivity index (χ0v) is 9.87. The Kier molecular flexibility index (Phi) is 4.23. The van der Waals surface area contributed by atoms with Crippen molar-refractivity contribution in [2.75, 3.05) is 7.11 Å². The van der Waals surface area contributed by atoms with E-state index in [1.165, 1.54) is 7.11 Å². The van der Waals surface area contributed by atoms with Gasteiger partial charge in [0.25, 0.3) is 0 Å². The molecule has 0 amide bonds. The van der Waals surface area contributed by atoms with Crippen LogP contribution in [0.5, 0.6) is 0 Å². The van der Waals surface area contributed by atoms with Gasteiger partial charge in [0.05, 0.1) is 13.5 Å². The van der Waals surface area contributed by atoms with E-state index in [0.29, 0.717) is 5.56 Å². The summed E-state index contributed by atoms with van der Waals surface area (Å²) in [4.78, 5) is 22.7. The minimum atomic E-state index is -0.349. The highest BCUT2D eigenvalue weighted by molar-refractivity contribution is 5.97. The van der Waals surface area contributed by atoms with Crippen molar-refractivity contribution in [3.63, 3.8) is 0 Å². The van der Waals surface area contributed by atoms with Gasteiger partial charge in [-0.1, -0.05) is 17.2 Å². The van der Waals surface area contributed by atoms with Gasteiger partial charge in [-0.3, -0.25) is 9.59 Å². The van der Waals surface area contributed by atoms with Gasteiger partial charge in [-0.15, -0.1) is 0 Å². The van der Waals surface area contributed by atoms with Crippen molar-refractivity contribution in [2.24, 2.45) is 0 Å². The zero-order chi connectivity index (χ0) is 12.1. The lowest BCUT2D eigenvalue weighted by Crippen LogP contribution is -2.06. The third kappa shape index (κ3) is 3.50. The highest BCUT2D eigenvalue weighted by Gasteiger charge is 2.09. The molecule has 16 heavy (non-hydrogen) atoms. The number of carbonyl (C=O) groups is 2. The molecule has 1 aromatic rings. The zero-order valence-electron chi connectivity index (χ0n) is 9.87. The van der Waals surface area contributed by atoms with Crippen molar-refractivity contribution in [2.45, 2.75) is 26.7 Å². The van der Waals surface area contributed by atoms with Crippen molar-refractivity contribution in [3.8, 4) is 0 Å². The average Bonchev–Trinajstić information content (AvgIpc) is 2.23. The van der Waals surface area contributed by atoms with Gasteiger partial charge < -0.3 is 4.74 Å². The SMILES string of the molecule is COC(=O)CCC(=O)c1cc(C)cc(C)c1. The van der Waals surface area contributed by atoms with Gasteiger partial charge >= 0.3 is 5.97 Å². The van der Waals surface area contributed by atoms with Crippen molar-refractivity contribution in [3.05, 3.63) is 34.9 Å². The fourth-order valence-electron chi connectivity index (χ4n) is 1.60. The molecule has 0 radical (unpaired) electrons. The maximum atomic E-state index is 11.8. The molecule has 0 unspecified atom stereocenters. The average molecular weight is 220 g/mol. The molecular weight excluding hydrogens is 204 g/mol. The Morgan fingerprint density at radius 1 is 1.06 bits per heavy atom. The van der Waals surface area contributed by atoms with Gasteiger partial charge in [0.2, 0.25) is 0 Å². The summed E-state index contributed by atoms with van der Waals surface area (Å²) in [5.74, 6) is -0.366. The number of hydrogen-bond acceptors (Lipinski definition) is 3. The number of ether oxygens (including phenoxy) is 1. The number of carbonyl (C=O) groups excluding carboxylic acids is 2. The lowest BCUT2D eigenvalue weighted by molar-refractivity contribution is -0.140. The van der Waals surface area contributed by atoms with Crippen LogP contribution in [-0.2, 0) is 9.53 Å². The van der Waals surface area contributed by atoms with Gasteiger partial charge in [0.15, 0.2) is 5.78 Å². The lowest BCUT2D eigenvalue weighted by atomic mass is 10.0. The monoisotopic (exact) mass is 220 g/mol. The van der Waals surface area contributed by atoms with Gasteiger partial charge in [-0.2, -0.15) is 0 Å². The summed E-state index contributed by atoms with van der Waals surface area (Å²) in [6.45, 7) is 3.90. The van der Waals surface area contributed by atoms with Crippen molar-refractivity contribution >= 4 is 11.8 Å². The highest BCUT2D eigenvalue weighted by Crippen LogP contribution is 2.12. The van der Waals surface area contributed by atoms with Gasteiger partial charge in [-0.05, 0) is 26.0 Å². The predicted molar refractivity (Wildman–Crippen MR) is 61.5 cm³/mol. The number of Topliss-reactive ketones (excluding diaryl/α,β-unsaturated/α-hetero) is 1. The minimum Gasteiger partial charge on any atom is -0.469 e. The first kappa shape index (κ1) is 12.4. The first-order valence-electron chi connectivity index (χ1n) is 5.21. The largest absolute Gasteiger partial charge is 0.469 e. The van der Waals surface area contributed by atoms with Crippen LogP contribution in [0.1, 0.15) is 34.3 Å². The molecule has 0 saturated heterocycles. The molecule has 0 spiro atoms. The summed E-state index contributed by atoms with van der Waals surface area (Å²) >= 11 is 0. The first-order chi connectivity index (χ1) is 7.52. The molecule has 1 rings (SSSR count). The van der Waals surface area contributed by atoms with Crippen molar-refractivity contribution in [1.29, 1.82) is 0 Å². The Balaban J connectivity index is 2.69. The number of rotatable bonds is 4. The van der Waals surface area contributed by atoms with Crippen LogP contribution in [0, 0.1) is 13.8 Å². The van der Waals surface area contributed by atoms with Crippen LogP contribution in [0.2, 0.25) is 0 Å². The van der Waals surface area contributed by atoms with Gasteiger partial charge in [0, 0.05) is 12.0 Å². The number of hydrogen-bond donors (Lipinski definition) is 0. The third-order valence-corrected chi connectivity index (χ3v) is 2.33. The molecule has 86 valence electrons. The summed E-state index contributed by atoms with van der Waals surface area (Å²) in [5.41, 5.74) is 2.78. The molecule has 0 heterocycles. The highest BCUT2D eigenvalue weighted by atomic mass is 16.5. The van der Waals surface area contributed by atoms with E-state index >= 15 is 0 Å². The van der Waals surface area contributed by atoms with Crippen molar-refractivity contribution < 1.29 is 14.3 Å². The summed E-state index contributed by atoms with van der Waals surface area (Å²) in [6.07, 6.45) is 0.345. The molecular formula is C13H16O3. The number of benzene rings is 1. The summed E-state index contributed by atoms with van der Waals surface area (Å²) < 4.78 is 4.49.